The van der Waals surface area contributed by atoms with Crippen LogP contribution in [0.2, 0.25) is 0 Å². The zero-order valence-electron chi connectivity index (χ0n) is 14.6. The Bertz CT molecular complexity index is 622. The molecular formula is C17H26N4S2. The van der Waals surface area contributed by atoms with Crippen molar-refractivity contribution in [2.75, 3.05) is 13.1 Å². The van der Waals surface area contributed by atoms with E-state index < -0.39 is 0 Å². The van der Waals surface area contributed by atoms with Crippen molar-refractivity contribution in [3.63, 3.8) is 0 Å². The molecule has 0 bridgehead atoms. The number of aliphatic imine (C=N–C) groups is 1. The smallest absolute Gasteiger partial charge is 0.191 e. The topological polar surface area (TPSA) is 49.3 Å². The minimum Gasteiger partial charge on any atom is -0.357 e. The highest BCUT2D eigenvalue weighted by Crippen LogP contribution is 2.26. The number of nitrogens with zero attached hydrogens (tertiary/aromatic N) is 2. The predicted molar refractivity (Wildman–Crippen MR) is 102 cm³/mol. The molecule has 0 unspecified atom stereocenters. The van der Waals surface area contributed by atoms with E-state index in [1.54, 1.807) is 22.7 Å². The summed E-state index contributed by atoms with van der Waals surface area (Å²) >= 11 is 3.52. The van der Waals surface area contributed by atoms with Crippen LogP contribution in [0.25, 0.3) is 0 Å². The van der Waals surface area contributed by atoms with Crippen molar-refractivity contribution in [1.82, 2.24) is 15.6 Å². The van der Waals surface area contributed by atoms with Crippen molar-refractivity contribution in [3.8, 4) is 0 Å². The molecule has 4 nitrogen and oxygen atoms in total. The van der Waals surface area contributed by atoms with Gasteiger partial charge in [0.1, 0.15) is 5.01 Å². The van der Waals surface area contributed by atoms with Gasteiger partial charge in [-0.25, -0.2) is 9.98 Å². The van der Waals surface area contributed by atoms with Gasteiger partial charge >= 0.3 is 0 Å². The first-order valence-corrected chi connectivity index (χ1v) is 9.61. The summed E-state index contributed by atoms with van der Waals surface area (Å²) in [6.07, 6.45) is 0. The number of nitrogens with one attached hydrogen (secondary N) is 2. The van der Waals surface area contributed by atoms with Crippen LogP contribution < -0.4 is 10.6 Å². The quantitative estimate of drug-likeness (QED) is 0.614. The van der Waals surface area contributed by atoms with E-state index in [1.165, 1.54) is 9.75 Å². The monoisotopic (exact) mass is 350 g/mol. The normalized spacial score (nSPS) is 12.5. The van der Waals surface area contributed by atoms with Gasteiger partial charge < -0.3 is 10.6 Å². The lowest BCUT2D eigenvalue weighted by Gasteiger charge is -2.25. The van der Waals surface area contributed by atoms with Crippen LogP contribution in [0.15, 0.2) is 22.5 Å². The van der Waals surface area contributed by atoms with Crippen LogP contribution in [-0.2, 0) is 12.0 Å². The van der Waals surface area contributed by atoms with E-state index in [2.05, 4.69) is 65.8 Å². The third-order valence-corrected chi connectivity index (χ3v) is 5.97. The second-order valence-corrected chi connectivity index (χ2v) is 8.39. The number of hydrogen-bond donors (Lipinski definition) is 2. The highest BCUT2D eigenvalue weighted by atomic mass is 32.1. The Hall–Kier alpha value is -1.40. The fourth-order valence-electron chi connectivity index (χ4n) is 2.15. The summed E-state index contributed by atoms with van der Waals surface area (Å²) in [5.41, 5.74) is 1.19. The van der Waals surface area contributed by atoms with Crippen LogP contribution >= 0.6 is 22.7 Å². The van der Waals surface area contributed by atoms with E-state index in [0.717, 1.165) is 29.8 Å². The van der Waals surface area contributed by atoms with E-state index >= 15 is 0 Å². The van der Waals surface area contributed by atoms with Crippen molar-refractivity contribution in [2.45, 2.75) is 46.6 Å². The molecule has 2 aromatic heterocycles. The summed E-state index contributed by atoms with van der Waals surface area (Å²) in [7, 11) is 0. The largest absolute Gasteiger partial charge is 0.357 e. The number of aromatic nitrogens is 1. The van der Waals surface area contributed by atoms with E-state index in [4.69, 9.17) is 0 Å². The lowest BCUT2D eigenvalue weighted by atomic mass is 9.91. The van der Waals surface area contributed by atoms with Gasteiger partial charge in [0.2, 0.25) is 0 Å². The predicted octanol–water partition coefficient (Wildman–Crippen LogP) is 3.85. The molecule has 0 radical (unpaired) electrons. The van der Waals surface area contributed by atoms with E-state index in [-0.39, 0.29) is 5.41 Å². The molecule has 0 fully saturated rings. The Morgan fingerprint density at radius 3 is 2.65 bits per heavy atom. The minimum atomic E-state index is 0.0821. The molecule has 0 amide bonds. The van der Waals surface area contributed by atoms with Gasteiger partial charge in [0.25, 0.3) is 0 Å². The zero-order valence-corrected chi connectivity index (χ0v) is 16.2. The number of aryl methyl sites for hydroxylation is 2. The molecule has 126 valence electrons. The van der Waals surface area contributed by atoms with Gasteiger partial charge in [0.15, 0.2) is 5.96 Å². The van der Waals surface area contributed by atoms with Gasteiger partial charge in [0.05, 0.1) is 12.2 Å². The Morgan fingerprint density at radius 1 is 1.30 bits per heavy atom. The molecule has 0 aliphatic heterocycles. The maximum Gasteiger partial charge on any atom is 0.191 e. The van der Waals surface area contributed by atoms with Gasteiger partial charge in [-0.2, -0.15) is 0 Å². The maximum atomic E-state index is 4.67. The number of rotatable bonds is 6. The average molecular weight is 351 g/mol. The molecule has 2 heterocycles. The number of guanidine groups is 1. The molecule has 0 saturated heterocycles. The molecule has 2 N–H and O–H groups in total. The van der Waals surface area contributed by atoms with Gasteiger partial charge in [-0.15, -0.1) is 22.7 Å². The van der Waals surface area contributed by atoms with Gasteiger partial charge in [0, 0.05) is 28.3 Å². The minimum absolute atomic E-state index is 0.0821. The molecule has 0 aliphatic carbocycles. The number of thiazole rings is 1. The van der Waals surface area contributed by atoms with Gasteiger partial charge in [-0.3, -0.25) is 0 Å². The molecular weight excluding hydrogens is 324 g/mol. The molecule has 2 aromatic rings. The Balaban J connectivity index is 1.99. The standard InChI is InChI=1S/C17H26N4S2/c1-6-18-16(19-10-15-21-12(2)13(3)23-15)20-11-17(4,5)14-8-7-9-22-14/h7-9H,6,10-11H2,1-5H3,(H2,18,19,20). The zero-order chi connectivity index (χ0) is 16.9. The van der Waals surface area contributed by atoms with Gasteiger partial charge in [-0.1, -0.05) is 19.9 Å². The molecule has 0 aliphatic rings. The molecule has 2 rings (SSSR count). The van der Waals surface area contributed by atoms with Crippen LogP contribution in [-0.4, -0.2) is 24.0 Å². The van der Waals surface area contributed by atoms with Crippen molar-refractivity contribution in [1.29, 1.82) is 0 Å². The Labute approximate surface area is 147 Å². The first kappa shape index (κ1) is 17.9. The van der Waals surface area contributed by atoms with E-state index in [9.17, 15) is 0 Å². The average Bonchev–Trinajstić information content (AvgIpc) is 3.13. The van der Waals surface area contributed by atoms with Crippen molar-refractivity contribution in [3.05, 3.63) is 38.0 Å². The first-order chi connectivity index (χ1) is 10.9. The SMILES string of the molecule is CCNC(=NCc1nc(C)c(C)s1)NCC(C)(C)c1cccs1. The second-order valence-electron chi connectivity index (χ2n) is 6.16. The summed E-state index contributed by atoms with van der Waals surface area (Å²) in [6, 6.07) is 4.30. The maximum absolute atomic E-state index is 4.67. The second kappa shape index (κ2) is 7.93. The molecule has 6 heteroatoms. The molecule has 0 spiro atoms. The van der Waals surface area contributed by atoms with Crippen molar-refractivity contribution < 1.29 is 0 Å². The summed E-state index contributed by atoms with van der Waals surface area (Å²) in [5, 5.41) is 9.97. The van der Waals surface area contributed by atoms with Crippen molar-refractivity contribution >= 4 is 28.6 Å². The molecule has 0 atom stereocenters. The third kappa shape index (κ3) is 5.04. The number of thiophene rings is 1. The van der Waals surface area contributed by atoms with Crippen LogP contribution in [0.3, 0.4) is 0 Å². The van der Waals surface area contributed by atoms with Crippen LogP contribution in [0.4, 0.5) is 0 Å². The van der Waals surface area contributed by atoms with Crippen LogP contribution in [0, 0.1) is 13.8 Å². The van der Waals surface area contributed by atoms with Crippen LogP contribution in [0.1, 0.15) is 41.2 Å². The van der Waals surface area contributed by atoms with Gasteiger partial charge in [-0.05, 0) is 32.2 Å². The lowest BCUT2D eigenvalue weighted by molar-refractivity contribution is 0.518. The Kier molecular flexibility index (Phi) is 6.18. The highest BCUT2D eigenvalue weighted by molar-refractivity contribution is 7.11. The summed E-state index contributed by atoms with van der Waals surface area (Å²) in [5.74, 6) is 0.850. The van der Waals surface area contributed by atoms with Crippen molar-refractivity contribution in [2.24, 2.45) is 4.99 Å². The summed E-state index contributed by atoms with van der Waals surface area (Å²) in [4.78, 5) is 11.9. The summed E-state index contributed by atoms with van der Waals surface area (Å²) < 4.78 is 0. The van der Waals surface area contributed by atoms with E-state index in [0.29, 0.717) is 6.54 Å². The van der Waals surface area contributed by atoms with E-state index in [1.807, 2.05) is 6.92 Å². The number of hydrogen-bond acceptors (Lipinski definition) is 4. The Morgan fingerprint density at radius 2 is 2.09 bits per heavy atom. The fourth-order valence-corrected chi connectivity index (χ4v) is 3.86. The molecule has 0 saturated carbocycles. The fraction of sp³-hybridized carbons (Fsp3) is 0.529. The summed E-state index contributed by atoms with van der Waals surface area (Å²) in [6.45, 7) is 13.1. The molecule has 23 heavy (non-hydrogen) atoms. The molecule has 0 aromatic carbocycles. The van der Waals surface area contributed by atoms with Crippen LogP contribution in [0.5, 0.6) is 0 Å². The first-order valence-electron chi connectivity index (χ1n) is 7.91. The lowest BCUT2D eigenvalue weighted by Crippen LogP contribution is -2.43. The third-order valence-electron chi connectivity index (χ3n) is 3.68. The highest BCUT2D eigenvalue weighted by Gasteiger charge is 2.21.